The van der Waals surface area contributed by atoms with Gasteiger partial charge >= 0.3 is 0 Å². The van der Waals surface area contributed by atoms with Crippen LogP contribution in [0.2, 0.25) is 0 Å². The number of pyridine rings is 1. The molecule has 0 bridgehead atoms. The van der Waals surface area contributed by atoms with Crippen LogP contribution in [-0.2, 0) is 0 Å². The fourth-order valence-corrected chi connectivity index (χ4v) is 0.770. The van der Waals surface area contributed by atoms with E-state index in [2.05, 4.69) is 4.98 Å². The van der Waals surface area contributed by atoms with Gasteiger partial charge in [0.1, 0.15) is 17.3 Å². The first kappa shape index (κ1) is 9.32. The van der Waals surface area contributed by atoms with Crippen LogP contribution in [0.4, 0.5) is 18.9 Å². The summed E-state index contributed by atoms with van der Waals surface area (Å²) in [4.78, 5) is 3.17. The molecule has 0 fully saturated rings. The van der Waals surface area contributed by atoms with E-state index in [1.54, 1.807) is 0 Å². The number of nitrogens with zero attached hydrogens (tertiary/aromatic N) is 2. The Morgan fingerprint density at radius 3 is 2.62 bits per heavy atom. The van der Waals surface area contributed by atoms with Crippen LogP contribution in [0.3, 0.4) is 0 Å². The Kier molecular flexibility index (Phi) is 2.37. The molecule has 0 amide bonds. The van der Waals surface area contributed by atoms with Crippen LogP contribution in [0, 0.1) is 17.1 Å². The number of hydrogen-bond acceptors (Lipinski definition) is 3. The average molecular weight is 187 g/mol. The van der Waals surface area contributed by atoms with Crippen molar-refractivity contribution in [1.82, 2.24) is 4.98 Å². The molecule has 13 heavy (non-hydrogen) atoms. The Morgan fingerprint density at radius 1 is 1.54 bits per heavy atom. The third-order valence-corrected chi connectivity index (χ3v) is 1.41. The van der Waals surface area contributed by atoms with Crippen molar-refractivity contribution in [3.63, 3.8) is 0 Å². The summed E-state index contributed by atoms with van der Waals surface area (Å²) in [7, 11) is 0. The Bertz CT molecular complexity index is 370. The van der Waals surface area contributed by atoms with Gasteiger partial charge in [-0.25, -0.2) is 13.2 Å². The number of nitriles is 1. The van der Waals surface area contributed by atoms with E-state index in [0.717, 1.165) is 6.20 Å². The van der Waals surface area contributed by atoms with Crippen molar-refractivity contribution < 1.29 is 13.2 Å². The maximum atomic E-state index is 12.9. The van der Waals surface area contributed by atoms with Gasteiger partial charge in [0.05, 0.1) is 5.69 Å². The third-order valence-electron chi connectivity index (χ3n) is 1.41. The number of nitrogens with two attached hydrogens (primary N) is 1. The van der Waals surface area contributed by atoms with Gasteiger partial charge in [-0.3, -0.25) is 4.98 Å². The van der Waals surface area contributed by atoms with E-state index in [9.17, 15) is 13.2 Å². The van der Waals surface area contributed by atoms with E-state index in [0.29, 0.717) is 0 Å². The molecule has 0 aromatic carbocycles. The lowest BCUT2D eigenvalue weighted by atomic mass is 10.2. The minimum atomic E-state index is -2.94. The monoisotopic (exact) mass is 187 g/mol. The molecule has 0 radical (unpaired) electrons. The van der Waals surface area contributed by atoms with Gasteiger partial charge in [0, 0.05) is 6.20 Å². The molecule has 6 heteroatoms. The third kappa shape index (κ3) is 1.54. The predicted octanol–water partition coefficient (Wildman–Crippen LogP) is 1.61. The maximum absolute atomic E-state index is 12.9. The normalized spacial score (nSPS) is 10.1. The van der Waals surface area contributed by atoms with Crippen molar-refractivity contribution in [2.45, 2.75) is 6.43 Å². The summed E-state index contributed by atoms with van der Waals surface area (Å²) in [6, 6.07) is 1.44. The molecule has 0 saturated heterocycles. The quantitative estimate of drug-likeness (QED) is 0.726. The number of alkyl halides is 2. The van der Waals surface area contributed by atoms with Crippen molar-refractivity contribution >= 4 is 5.69 Å². The van der Waals surface area contributed by atoms with E-state index >= 15 is 0 Å². The van der Waals surface area contributed by atoms with Crippen LogP contribution in [0.5, 0.6) is 0 Å². The highest BCUT2D eigenvalue weighted by Crippen LogP contribution is 2.25. The zero-order valence-electron chi connectivity index (χ0n) is 6.26. The zero-order chi connectivity index (χ0) is 10.0. The van der Waals surface area contributed by atoms with Gasteiger partial charge in [-0.1, -0.05) is 0 Å². The van der Waals surface area contributed by atoms with Gasteiger partial charge in [0.2, 0.25) is 0 Å². The van der Waals surface area contributed by atoms with Crippen LogP contribution in [0.15, 0.2) is 6.20 Å². The lowest BCUT2D eigenvalue weighted by Gasteiger charge is -2.04. The fourth-order valence-electron chi connectivity index (χ4n) is 0.770. The second kappa shape index (κ2) is 3.31. The van der Waals surface area contributed by atoms with Gasteiger partial charge in [-0.15, -0.1) is 0 Å². The molecule has 2 N–H and O–H groups in total. The van der Waals surface area contributed by atoms with Gasteiger partial charge in [-0.2, -0.15) is 5.26 Å². The van der Waals surface area contributed by atoms with Crippen molar-refractivity contribution in [2.75, 3.05) is 5.73 Å². The Hall–Kier alpha value is -1.77. The first-order chi connectivity index (χ1) is 6.07. The van der Waals surface area contributed by atoms with Crippen LogP contribution in [0.1, 0.15) is 17.7 Å². The SMILES string of the molecule is N#Cc1cnc(C(F)F)c(N)c1F. The summed E-state index contributed by atoms with van der Waals surface area (Å²) >= 11 is 0. The highest BCUT2D eigenvalue weighted by Gasteiger charge is 2.18. The van der Waals surface area contributed by atoms with Crippen LogP contribution in [-0.4, -0.2) is 4.98 Å². The van der Waals surface area contributed by atoms with E-state index in [1.807, 2.05) is 0 Å². The number of hydrogen-bond donors (Lipinski definition) is 1. The average Bonchev–Trinajstić information content (AvgIpc) is 2.09. The summed E-state index contributed by atoms with van der Waals surface area (Å²) in [6.45, 7) is 0. The molecule has 0 atom stereocenters. The number of nitrogen functional groups attached to an aromatic ring is 1. The molecule has 1 aromatic heterocycles. The molecule has 0 aliphatic heterocycles. The van der Waals surface area contributed by atoms with Crippen molar-refractivity contribution in [2.24, 2.45) is 0 Å². The molecule has 0 spiro atoms. The van der Waals surface area contributed by atoms with Crippen molar-refractivity contribution in [3.8, 4) is 6.07 Å². The largest absolute Gasteiger partial charge is 0.395 e. The number of aromatic nitrogens is 1. The summed E-state index contributed by atoms with van der Waals surface area (Å²) in [5, 5.41) is 8.30. The van der Waals surface area contributed by atoms with Gasteiger partial charge in [0.25, 0.3) is 6.43 Å². The minimum Gasteiger partial charge on any atom is -0.395 e. The topological polar surface area (TPSA) is 62.7 Å². The summed E-state index contributed by atoms with van der Waals surface area (Å²) in [6.07, 6.45) is -2.21. The van der Waals surface area contributed by atoms with Crippen LogP contribution < -0.4 is 5.73 Å². The highest BCUT2D eigenvalue weighted by molar-refractivity contribution is 5.50. The predicted molar refractivity (Wildman–Crippen MR) is 38.3 cm³/mol. The van der Waals surface area contributed by atoms with E-state index in [1.165, 1.54) is 6.07 Å². The Labute approximate surface area is 71.6 Å². The summed E-state index contributed by atoms with van der Waals surface area (Å²) < 4.78 is 37.0. The van der Waals surface area contributed by atoms with Crippen LogP contribution >= 0.6 is 0 Å². The smallest absolute Gasteiger partial charge is 0.282 e. The van der Waals surface area contributed by atoms with Crippen molar-refractivity contribution in [1.29, 1.82) is 5.26 Å². The first-order valence-corrected chi connectivity index (χ1v) is 3.20. The Morgan fingerprint density at radius 2 is 2.15 bits per heavy atom. The molecular weight excluding hydrogens is 183 g/mol. The van der Waals surface area contributed by atoms with Gasteiger partial charge < -0.3 is 5.73 Å². The molecule has 1 aromatic rings. The molecule has 1 heterocycles. The summed E-state index contributed by atoms with van der Waals surface area (Å²) in [5.41, 5.74) is 2.94. The number of anilines is 1. The van der Waals surface area contributed by atoms with E-state index in [4.69, 9.17) is 11.0 Å². The molecule has 1 rings (SSSR count). The number of rotatable bonds is 1. The second-order valence-corrected chi connectivity index (χ2v) is 2.20. The molecule has 0 saturated carbocycles. The molecule has 3 nitrogen and oxygen atoms in total. The lowest BCUT2D eigenvalue weighted by molar-refractivity contribution is 0.146. The molecule has 0 aliphatic carbocycles. The zero-order valence-corrected chi connectivity index (χ0v) is 6.26. The van der Waals surface area contributed by atoms with E-state index < -0.39 is 29.2 Å². The lowest BCUT2D eigenvalue weighted by Crippen LogP contribution is -2.03. The van der Waals surface area contributed by atoms with Gasteiger partial charge in [0.15, 0.2) is 5.82 Å². The Balaban J connectivity index is 3.33. The molecule has 68 valence electrons. The summed E-state index contributed by atoms with van der Waals surface area (Å²) in [5.74, 6) is -1.15. The molecular formula is C7H4F3N3. The second-order valence-electron chi connectivity index (χ2n) is 2.20. The maximum Gasteiger partial charge on any atom is 0.282 e. The molecule has 0 aliphatic rings. The van der Waals surface area contributed by atoms with E-state index in [-0.39, 0.29) is 0 Å². The van der Waals surface area contributed by atoms with Crippen LogP contribution in [0.25, 0.3) is 0 Å². The standard InChI is InChI=1S/C7H4F3N3/c8-4-3(1-11)2-13-6(5(4)12)7(9)10/h2,7H,12H2. The van der Waals surface area contributed by atoms with Crippen molar-refractivity contribution in [3.05, 3.63) is 23.3 Å². The molecule has 0 unspecified atom stereocenters. The minimum absolute atomic E-state index is 0.443. The number of halogens is 3. The van der Waals surface area contributed by atoms with Gasteiger partial charge in [-0.05, 0) is 0 Å². The highest BCUT2D eigenvalue weighted by atomic mass is 19.3. The fraction of sp³-hybridized carbons (Fsp3) is 0.143. The first-order valence-electron chi connectivity index (χ1n) is 3.20.